The number of ether oxygens (including phenoxy) is 1. The van der Waals surface area contributed by atoms with Crippen molar-refractivity contribution >= 4 is 40.6 Å². The number of esters is 1. The Morgan fingerprint density at radius 1 is 1.43 bits per heavy atom. The van der Waals surface area contributed by atoms with Gasteiger partial charge >= 0.3 is 5.97 Å². The van der Waals surface area contributed by atoms with Crippen LogP contribution in [0.15, 0.2) is 18.2 Å². The Kier molecular flexibility index (Phi) is 5.42. The first-order valence-electron chi connectivity index (χ1n) is 6.91. The summed E-state index contributed by atoms with van der Waals surface area (Å²) in [5.74, 6) is -0.137. The number of likely N-dealkylation sites (tertiary alicyclic amines) is 1. The molecule has 1 saturated heterocycles. The largest absolute Gasteiger partial charge is 0.469 e. The zero-order valence-electron chi connectivity index (χ0n) is 12.2. The summed E-state index contributed by atoms with van der Waals surface area (Å²) in [5, 5.41) is 4.57. The molecule has 0 atom stereocenters. The van der Waals surface area contributed by atoms with Crippen LogP contribution in [0.3, 0.4) is 0 Å². The van der Waals surface area contributed by atoms with Crippen LogP contribution in [0.1, 0.15) is 18.4 Å². The summed E-state index contributed by atoms with van der Waals surface area (Å²) in [7, 11) is 1.43. The highest BCUT2D eigenvalue weighted by molar-refractivity contribution is 7.80. The number of anilines is 1. The van der Waals surface area contributed by atoms with Crippen LogP contribution in [0.2, 0.25) is 5.02 Å². The Hall–Kier alpha value is -1.33. The number of rotatable bonds is 2. The summed E-state index contributed by atoms with van der Waals surface area (Å²) in [6.45, 7) is 3.47. The fourth-order valence-electron chi connectivity index (χ4n) is 2.36. The number of nitrogens with one attached hydrogen (secondary N) is 1. The van der Waals surface area contributed by atoms with Crippen LogP contribution in [-0.4, -0.2) is 36.2 Å². The van der Waals surface area contributed by atoms with Gasteiger partial charge in [-0.15, -0.1) is 0 Å². The van der Waals surface area contributed by atoms with E-state index in [2.05, 4.69) is 10.2 Å². The number of methoxy groups -OCH3 is 1. The van der Waals surface area contributed by atoms with Crippen molar-refractivity contribution in [3.63, 3.8) is 0 Å². The van der Waals surface area contributed by atoms with Gasteiger partial charge in [-0.2, -0.15) is 0 Å². The molecule has 1 aromatic rings. The minimum atomic E-state index is -0.126. The van der Waals surface area contributed by atoms with Gasteiger partial charge in [-0.1, -0.05) is 17.7 Å². The number of hydrogen-bond acceptors (Lipinski definition) is 3. The Bertz CT molecular complexity index is 542. The topological polar surface area (TPSA) is 41.6 Å². The molecule has 1 aliphatic rings. The van der Waals surface area contributed by atoms with Gasteiger partial charge in [0.1, 0.15) is 0 Å². The Balaban J connectivity index is 1.90. The van der Waals surface area contributed by atoms with Crippen LogP contribution in [0.5, 0.6) is 0 Å². The van der Waals surface area contributed by atoms with Gasteiger partial charge in [0.05, 0.1) is 13.0 Å². The molecule has 114 valence electrons. The highest BCUT2D eigenvalue weighted by Crippen LogP contribution is 2.22. The minimum absolute atomic E-state index is 0.0112. The molecule has 0 aliphatic carbocycles. The number of benzene rings is 1. The Labute approximate surface area is 135 Å². The second-order valence-electron chi connectivity index (χ2n) is 5.18. The van der Waals surface area contributed by atoms with E-state index >= 15 is 0 Å². The number of nitrogens with zero attached hydrogens (tertiary/aromatic N) is 1. The second kappa shape index (κ2) is 7.09. The normalized spacial score (nSPS) is 15.7. The molecule has 0 spiro atoms. The molecular formula is C15H19ClN2O2S. The van der Waals surface area contributed by atoms with Gasteiger partial charge in [-0.25, -0.2) is 0 Å². The molecule has 0 amide bonds. The summed E-state index contributed by atoms with van der Waals surface area (Å²) in [6, 6.07) is 5.77. The lowest BCUT2D eigenvalue weighted by Gasteiger charge is -2.32. The van der Waals surface area contributed by atoms with Gasteiger partial charge < -0.3 is 15.0 Å². The molecule has 2 rings (SSSR count). The van der Waals surface area contributed by atoms with E-state index in [0.29, 0.717) is 10.1 Å². The van der Waals surface area contributed by atoms with Crippen LogP contribution in [0, 0.1) is 12.8 Å². The number of halogens is 1. The molecule has 0 unspecified atom stereocenters. The molecule has 0 aromatic heterocycles. The van der Waals surface area contributed by atoms with Gasteiger partial charge in [0.25, 0.3) is 0 Å². The van der Waals surface area contributed by atoms with E-state index < -0.39 is 0 Å². The number of aryl methyl sites for hydroxylation is 1. The quantitative estimate of drug-likeness (QED) is 0.667. The van der Waals surface area contributed by atoms with E-state index in [4.69, 9.17) is 28.6 Å². The second-order valence-corrected chi connectivity index (χ2v) is 5.97. The lowest BCUT2D eigenvalue weighted by atomic mass is 9.97. The highest BCUT2D eigenvalue weighted by atomic mass is 35.5. The molecule has 0 radical (unpaired) electrons. The summed E-state index contributed by atoms with van der Waals surface area (Å²) in [5.41, 5.74) is 1.91. The predicted molar refractivity (Wildman–Crippen MR) is 88.7 cm³/mol. The molecule has 1 heterocycles. The highest BCUT2D eigenvalue weighted by Gasteiger charge is 2.26. The van der Waals surface area contributed by atoms with Gasteiger partial charge in [0, 0.05) is 23.8 Å². The third kappa shape index (κ3) is 4.08. The number of carbonyl (C=O) groups excluding carboxylic acids is 1. The number of thiocarbonyl (C=S) groups is 1. The first kappa shape index (κ1) is 16.0. The molecular weight excluding hydrogens is 308 g/mol. The molecule has 1 N–H and O–H groups in total. The van der Waals surface area contributed by atoms with Crippen molar-refractivity contribution < 1.29 is 9.53 Å². The third-order valence-electron chi connectivity index (χ3n) is 3.74. The van der Waals surface area contributed by atoms with Crippen molar-refractivity contribution in [3.8, 4) is 0 Å². The van der Waals surface area contributed by atoms with Gasteiger partial charge in [0.15, 0.2) is 5.11 Å². The smallest absolute Gasteiger partial charge is 0.308 e. The molecule has 21 heavy (non-hydrogen) atoms. The predicted octanol–water partition coefficient (Wildman–Crippen LogP) is 3.23. The van der Waals surface area contributed by atoms with Crippen molar-refractivity contribution in [1.29, 1.82) is 0 Å². The molecule has 4 nitrogen and oxygen atoms in total. The van der Waals surface area contributed by atoms with Crippen molar-refractivity contribution in [1.82, 2.24) is 4.90 Å². The first-order chi connectivity index (χ1) is 10.0. The van der Waals surface area contributed by atoms with Crippen LogP contribution in [-0.2, 0) is 9.53 Å². The van der Waals surface area contributed by atoms with Crippen molar-refractivity contribution in [2.75, 3.05) is 25.5 Å². The van der Waals surface area contributed by atoms with Gasteiger partial charge in [-0.3, -0.25) is 4.79 Å². The fourth-order valence-corrected chi connectivity index (χ4v) is 2.84. The maximum atomic E-state index is 11.5. The lowest BCUT2D eigenvalue weighted by molar-refractivity contribution is -0.146. The van der Waals surface area contributed by atoms with Crippen LogP contribution in [0.25, 0.3) is 0 Å². The summed E-state index contributed by atoms with van der Waals surface area (Å²) < 4.78 is 4.78. The molecule has 1 aromatic carbocycles. The monoisotopic (exact) mass is 326 g/mol. The fraction of sp³-hybridized carbons (Fsp3) is 0.467. The minimum Gasteiger partial charge on any atom is -0.469 e. The van der Waals surface area contributed by atoms with Crippen molar-refractivity contribution in [2.45, 2.75) is 19.8 Å². The van der Waals surface area contributed by atoms with E-state index in [-0.39, 0.29) is 11.9 Å². The number of piperidine rings is 1. The Morgan fingerprint density at radius 2 is 2.10 bits per heavy atom. The average Bonchev–Trinajstić information content (AvgIpc) is 2.50. The van der Waals surface area contributed by atoms with E-state index in [0.717, 1.165) is 37.2 Å². The summed E-state index contributed by atoms with van der Waals surface area (Å²) in [6.07, 6.45) is 1.53. The molecule has 1 fully saturated rings. The zero-order valence-corrected chi connectivity index (χ0v) is 13.8. The van der Waals surface area contributed by atoms with Crippen LogP contribution in [0.4, 0.5) is 5.69 Å². The third-order valence-corrected chi connectivity index (χ3v) is 4.51. The number of hydrogen-bond donors (Lipinski definition) is 1. The van der Waals surface area contributed by atoms with Gasteiger partial charge in [-0.05, 0) is 49.7 Å². The average molecular weight is 327 g/mol. The SMILES string of the molecule is COC(=O)C1CCN(C(=S)Nc2ccc(C)c(Cl)c2)CC1. The van der Waals surface area contributed by atoms with Gasteiger partial charge in [0.2, 0.25) is 0 Å². The first-order valence-corrected chi connectivity index (χ1v) is 7.70. The summed E-state index contributed by atoms with van der Waals surface area (Å²) >= 11 is 11.5. The summed E-state index contributed by atoms with van der Waals surface area (Å²) in [4.78, 5) is 13.6. The van der Waals surface area contributed by atoms with Crippen molar-refractivity contribution in [2.24, 2.45) is 5.92 Å². The maximum Gasteiger partial charge on any atom is 0.308 e. The van der Waals surface area contributed by atoms with E-state index in [1.54, 1.807) is 0 Å². The van der Waals surface area contributed by atoms with E-state index in [1.165, 1.54) is 7.11 Å². The Morgan fingerprint density at radius 3 is 2.67 bits per heavy atom. The molecule has 0 bridgehead atoms. The van der Waals surface area contributed by atoms with E-state index in [1.807, 2.05) is 25.1 Å². The zero-order chi connectivity index (χ0) is 15.4. The lowest BCUT2D eigenvalue weighted by Crippen LogP contribution is -2.42. The molecule has 0 saturated carbocycles. The van der Waals surface area contributed by atoms with Crippen molar-refractivity contribution in [3.05, 3.63) is 28.8 Å². The molecule has 1 aliphatic heterocycles. The maximum absolute atomic E-state index is 11.5. The van der Waals surface area contributed by atoms with Crippen LogP contribution >= 0.6 is 23.8 Å². The van der Waals surface area contributed by atoms with E-state index in [9.17, 15) is 4.79 Å². The molecule has 6 heteroatoms. The number of carbonyl (C=O) groups is 1. The van der Waals surface area contributed by atoms with Crippen LogP contribution < -0.4 is 5.32 Å². The standard InChI is InChI=1S/C15H19ClN2O2S/c1-10-3-4-12(9-13(10)16)17-15(21)18-7-5-11(6-8-18)14(19)20-2/h3-4,9,11H,5-8H2,1-2H3,(H,17,21).